The Morgan fingerprint density at radius 1 is 1.33 bits per heavy atom. The standard InChI is InChI=1S/C11H20N4/c1-11(2,3)8-14-9-5-6-13-10(15-9)7-12-4/h5-6,12H,7-8H2,1-4H3,(H,13,14,15). The van der Waals surface area contributed by atoms with Crippen LogP contribution < -0.4 is 10.6 Å². The summed E-state index contributed by atoms with van der Waals surface area (Å²) in [6.45, 7) is 8.18. The zero-order chi connectivity index (χ0) is 11.3. The lowest BCUT2D eigenvalue weighted by Gasteiger charge is -2.19. The summed E-state index contributed by atoms with van der Waals surface area (Å²) in [5.74, 6) is 1.71. The molecule has 0 saturated carbocycles. The van der Waals surface area contributed by atoms with Crippen LogP contribution in [0.4, 0.5) is 5.82 Å². The second-order valence-corrected chi connectivity index (χ2v) is 4.80. The molecule has 0 unspecified atom stereocenters. The molecule has 0 spiro atoms. The Labute approximate surface area is 91.5 Å². The molecule has 2 N–H and O–H groups in total. The molecule has 0 amide bonds. The summed E-state index contributed by atoms with van der Waals surface area (Å²) in [5.41, 5.74) is 0.258. The van der Waals surface area contributed by atoms with Crippen molar-refractivity contribution in [2.45, 2.75) is 27.3 Å². The van der Waals surface area contributed by atoms with Crippen LogP contribution in [0.2, 0.25) is 0 Å². The molecule has 0 atom stereocenters. The minimum absolute atomic E-state index is 0.258. The van der Waals surface area contributed by atoms with Crippen molar-refractivity contribution in [3.05, 3.63) is 18.1 Å². The fourth-order valence-electron chi connectivity index (χ4n) is 1.10. The summed E-state index contributed by atoms with van der Waals surface area (Å²) < 4.78 is 0. The van der Waals surface area contributed by atoms with Gasteiger partial charge in [0.05, 0.1) is 6.54 Å². The van der Waals surface area contributed by atoms with E-state index < -0.39 is 0 Å². The molecule has 1 aromatic rings. The number of rotatable bonds is 4. The van der Waals surface area contributed by atoms with E-state index in [9.17, 15) is 0 Å². The topological polar surface area (TPSA) is 49.8 Å². The second-order valence-electron chi connectivity index (χ2n) is 4.80. The Morgan fingerprint density at radius 2 is 2.07 bits per heavy atom. The number of nitrogens with zero attached hydrogens (tertiary/aromatic N) is 2. The van der Waals surface area contributed by atoms with E-state index in [4.69, 9.17) is 0 Å². The average Bonchev–Trinajstić information content (AvgIpc) is 2.15. The van der Waals surface area contributed by atoms with Crippen molar-refractivity contribution in [2.24, 2.45) is 5.41 Å². The highest BCUT2D eigenvalue weighted by molar-refractivity contribution is 5.33. The fraction of sp³-hybridized carbons (Fsp3) is 0.636. The van der Waals surface area contributed by atoms with Gasteiger partial charge in [-0.15, -0.1) is 0 Å². The molecule has 0 aromatic carbocycles. The summed E-state index contributed by atoms with van der Waals surface area (Å²) >= 11 is 0. The zero-order valence-corrected chi connectivity index (χ0v) is 9.96. The van der Waals surface area contributed by atoms with E-state index >= 15 is 0 Å². The Balaban J connectivity index is 2.57. The van der Waals surface area contributed by atoms with E-state index in [1.165, 1.54) is 0 Å². The van der Waals surface area contributed by atoms with Gasteiger partial charge in [-0.3, -0.25) is 0 Å². The number of hydrogen-bond donors (Lipinski definition) is 2. The molecule has 15 heavy (non-hydrogen) atoms. The zero-order valence-electron chi connectivity index (χ0n) is 9.96. The minimum Gasteiger partial charge on any atom is -0.369 e. The average molecular weight is 208 g/mol. The Morgan fingerprint density at radius 3 is 2.67 bits per heavy atom. The molecular weight excluding hydrogens is 188 g/mol. The van der Waals surface area contributed by atoms with Gasteiger partial charge in [-0.1, -0.05) is 20.8 Å². The van der Waals surface area contributed by atoms with Crippen LogP contribution >= 0.6 is 0 Å². The van der Waals surface area contributed by atoms with Crippen molar-refractivity contribution in [2.75, 3.05) is 18.9 Å². The monoisotopic (exact) mass is 208 g/mol. The maximum absolute atomic E-state index is 4.38. The van der Waals surface area contributed by atoms with Crippen LogP contribution in [0, 0.1) is 5.41 Å². The van der Waals surface area contributed by atoms with Gasteiger partial charge in [0, 0.05) is 12.7 Å². The SMILES string of the molecule is CNCc1nccc(NCC(C)(C)C)n1. The van der Waals surface area contributed by atoms with Crippen LogP contribution in [0.25, 0.3) is 0 Å². The molecule has 0 radical (unpaired) electrons. The van der Waals surface area contributed by atoms with E-state index in [1.807, 2.05) is 13.1 Å². The van der Waals surface area contributed by atoms with Crippen molar-refractivity contribution in [3.8, 4) is 0 Å². The highest BCUT2D eigenvalue weighted by Gasteiger charge is 2.09. The number of aromatic nitrogens is 2. The third kappa shape index (κ3) is 4.74. The molecule has 1 aromatic heterocycles. The molecule has 84 valence electrons. The first kappa shape index (κ1) is 11.9. The molecular formula is C11H20N4. The van der Waals surface area contributed by atoms with Crippen molar-refractivity contribution in [1.29, 1.82) is 0 Å². The van der Waals surface area contributed by atoms with Crippen LogP contribution in [0.5, 0.6) is 0 Å². The molecule has 0 saturated heterocycles. The molecule has 0 aliphatic carbocycles. The van der Waals surface area contributed by atoms with Crippen LogP contribution in [0.15, 0.2) is 12.3 Å². The molecule has 4 nitrogen and oxygen atoms in total. The predicted octanol–water partition coefficient (Wildman–Crippen LogP) is 1.65. The number of anilines is 1. The third-order valence-corrected chi connectivity index (χ3v) is 1.84. The van der Waals surface area contributed by atoms with Gasteiger partial charge in [0.2, 0.25) is 0 Å². The fourth-order valence-corrected chi connectivity index (χ4v) is 1.10. The third-order valence-electron chi connectivity index (χ3n) is 1.84. The van der Waals surface area contributed by atoms with E-state index in [1.54, 1.807) is 6.20 Å². The first-order valence-electron chi connectivity index (χ1n) is 5.22. The van der Waals surface area contributed by atoms with Gasteiger partial charge in [-0.05, 0) is 18.5 Å². The summed E-state index contributed by atoms with van der Waals surface area (Å²) in [5, 5.41) is 6.34. The predicted molar refractivity (Wildman–Crippen MR) is 62.7 cm³/mol. The van der Waals surface area contributed by atoms with E-state index in [2.05, 4.69) is 41.4 Å². The van der Waals surface area contributed by atoms with Gasteiger partial charge < -0.3 is 10.6 Å². The van der Waals surface area contributed by atoms with Crippen molar-refractivity contribution in [1.82, 2.24) is 15.3 Å². The van der Waals surface area contributed by atoms with Crippen LogP contribution in [-0.2, 0) is 6.54 Å². The normalized spacial score (nSPS) is 11.5. The smallest absolute Gasteiger partial charge is 0.144 e. The molecule has 0 aliphatic heterocycles. The minimum atomic E-state index is 0.258. The number of hydrogen-bond acceptors (Lipinski definition) is 4. The van der Waals surface area contributed by atoms with Gasteiger partial charge in [0.1, 0.15) is 11.6 Å². The van der Waals surface area contributed by atoms with Crippen molar-refractivity contribution >= 4 is 5.82 Å². The molecule has 0 bridgehead atoms. The number of nitrogens with one attached hydrogen (secondary N) is 2. The lowest BCUT2D eigenvalue weighted by atomic mass is 9.97. The summed E-state index contributed by atoms with van der Waals surface area (Å²) in [6, 6.07) is 1.89. The summed E-state index contributed by atoms with van der Waals surface area (Å²) in [7, 11) is 1.89. The lowest BCUT2D eigenvalue weighted by molar-refractivity contribution is 0.442. The van der Waals surface area contributed by atoms with Gasteiger partial charge in [-0.25, -0.2) is 9.97 Å². The first-order chi connectivity index (χ1) is 7.01. The van der Waals surface area contributed by atoms with Gasteiger partial charge in [-0.2, -0.15) is 0 Å². The Bertz CT molecular complexity index is 304. The highest BCUT2D eigenvalue weighted by Crippen LogP contribution is 2.13. The lowest BCUT2D eigenvalue weighted by Crippen LogP contribution is -2.20. The van der Waals surface area contributed by atoms with Crippen molar-refractivity contribution < 1.29 is 0 Å². The Kier molecular flexibility index (Phi) is 4.03. The quantitative estimate of drug-likeness (QED) is 0.790. The van der Waals surface area contributed by atoms with Gasteiger partial charge >= 0.3 is 0 Å². The van der Waals surface area contributed by atoms with Gasteiger partial charge in [0.25, 0.3) is 0 Å². The highest BCUT2D eigenvalue weighted by atomic mass is 15.0. The summed E-state index contributed by atoms with van der Waals surface area (Å²) in [4.78, 5) is 8.54. The maximum atomic E-state index is 4.38. The van der Waals surface area contributed by atoms with E-state index in [0.29, 0.717) is 6.54 Å². The Hall–Kier alpha value is -1.16. The largest absolute Gasteiger partial charge is 0.369 e. The van der Waals surface area contributed by atoms with Gasteiger partial charge in [0.15, 0.2) is 0 Å². The molecule has 0 fully saturated rings. The van der Waals surface area contributed by atoms with Crippen LogP contribution in [-0.4, -0.2) is 23.6 Å². The van der Waals surface area contributed by atoms with Crippen LogP contribution in [0.3, 0.4) is 0 Å². The first-order valence-corrected chi connectivity index (χ1v) is 5.22. The second kappa shape index (κ2) is 5.07. The van der Waals surface area contributed by atoms with E-state index in [0.717, 1.165) is 18.2 Å². The summed E-state index contributed by atoms with van der Waals surface area (Å²) in [6.07, 6.45) is 1.78. The van der Waals surface area contributed by atoms with Crippen LogP contribution in [0.1, 0.15) is 26.6 Å². The van der Waals surface area contributed by atoms with E-state index in [-0.39, 0.29) is 5.41 Å². The molecule has 4 heteroatoms. The molecule has 1 heterocycles. The maximum Gasteiger partial charge on any atom is 0.144 e. The molecule has 0 aliphatic rings. The molecule has 1 rings (SSSR count). The van der Waals surface area contributed by atoms with Crippen molar-refractivity contribution in [3.63, 3.8) is 0 Å².